The maximum absolute atomic E-state index is 4.21. The van der Waals surface area contributed by atoms with Crippen LogP contribution in [0.5, 0.6) is 0 Å². The van der Waals surface area contributed by atoms with Crippen LogP contribution in [0.2, 0.25) is 13.1 Å². The van der Waals surface area contributed by atoms with Crippen LogP contribution >= 0.6 is 0 Å². The van der Waals surface area contributed by atoms with Crippen molar-refractivity contribution in [2.24, 2.45) is 0 Å². The maximum Gasteiger partial charge on any atom is 0.0561 e. The highest BCUT2D eigenvalue weighted by Gasteiger charge is 2.41. The van der Waals surface area contributed by atoms with E-state index in [0.29, 0.717) is 5.16 Å². The summed E-state index contributed by atoms with van der Waals surface area (Å²) < 4.78 is 0. The minimum atomic E-state index is -0.767. The minimum absolute atomic E-state index is 0.0879. The molecule has 2 heteroatoms. The van der Waals surface area contributed by atoms with Crippen molar-refractivity contribution in [3.8, 4) is 0 Å². The predicted octanol–water partition coefficient (Wildman–Crippen LogP) is 5.14. The highest BCUT2D eigenvalue weighted by molar-refractivity contribution is 6.59. The molecule has 21 heavy (non-hydrogen) atoms. The topological polar surface area (TPSA) is 12.0 Å². The number of rotatable bonds is 3. The van der Waals surface area contributed by atoms with Gasteiger partial charge < -0.3 is 5.32 Å². The number of hydrogen-bond acceptors (Lipinski definition) is 1. The largest absolute Gasteiger partial charge is 0.302 e. The van der Waals surface area contributed by atoms with Crippen molar-refractivity contribution in [3.63, 3.8) is 0 Å². The number of allylic oxidation sites excluding steroid dienone is 2. The van der Waals surface area contributed by atoms with Gasteiger partial charge in [0, 0.05) is 5.16 Å². The zero-order valence-electron chi connectivity index (χ0n) is 15.1. The zero-order valence-corrected chi connectivity index (χ0v) is 16.3. The number of hydrogen-bond donors (Lipinski definition) is 1. The molecule has 120 valence electrons. The summed E-state index contributed by atoms with van der Waals surface area (Å²) in [7, 11) is -0.767. The molecule has 0 aliphatic heterocycles. The van der Waals surface area contributed by atoms with Crippen LogP contribution in [0, 0.1) is 0 Å². The molecule has 1 N–H and O–H groups in total. The average Bonchev–Trinajstić information content (AvgIpc) is 2.57. The van der Waals surface area contributed by atoms with Gasteiger partial charge in [0.2, 0.25) is 0 Å². The molecule has 1 fully saturated rings. The van der Waals surface area contributed by atoms with E-state index in [4.69, 9.17) is 0 Å². The Kier molecular flexibility index (Phi) is 5.20. The molecule has 2 aliphatic carbocycles. The van der Waals surface area contributed by atoms with Crippen LogP contribution in [-0.2, 0) is 0 Å². The van der Waals surface area contributed by atoms with Gasteiger partial charge in [0.1, 0.15) is 0 Å². The Morgan fingerprint density at radius 3 is 1.90 bits per heavy atom. The van der Waals surface area contributed by atoms with E-state index >= 15 is 0 Å². The second kappa shape index (κ2) is 6.42. The summed E-state index contributed by atoms with van der Waals surface area (Å²) in [6, 6.07) is 0. The summed E-state index contributed by atoms with van der Waals surface area (Å²) in [5, 5.41) is 4.66. The van der Waals surface area contributed by atoms with Crippen molar-refractivity contribution in [1.29, 1.82) is 0 Å². The first kappa shape index (κ1) is 17.0. The van der Waals surface area contributed by atoms with Gasteiger partial charge in [-0.05, 0) is 51.7 Å². The summed E-state index contributed by atoms with van der Waals surface area (Å²) in [5.41, 5.74) is 4.59. The van der Waals surface area contributed by atoms with Crippen LogP contribution in [0.1, 0.15) is 72.6 Å². The lowest BCUT2D eigenvalue weighted by Crippen LogP contribution is -2.62. The highest BCUT2D eigenvalue weighted by atomic mass is 28.3. The summed E-state index contributed by atoms with van der Waals surface area (Å²) >= 11 is 0. The summed E-state index contributed by atoms with van der Waals surface area (Å²) in [5.74, 6) is 0. The third-order valence-electron chi connectivity index (χ3n) is 6.30. The van der Waals surface area contributed by atoms with Gasteiger partial charge in [-0.15, -0.1) is 0 Å². The van der Waals surface area contributed by atoms with E-state index in [1.165, 1.54) is 61.7 Å². The molecule has 1 atom stereocenters. The molecule has 0 aromatic rings. The molecule has 0 amide bonds. The van der Waals surface area contributed by atoms with Crippen molar-refractivity contribution < 1.29 is 0 Å². The molecule has 0 aromatic carbocycles. The van der Waals surface area contributed by atoms with Crippen LogP contribution in [0.3, 0.4) is 0 Å². The molecule has 2 rings (SSSR count). The molecule has 0 bridgehead atoms. The second-order valence-electron chi connectivity index (χ2n) is 7.98. The second-order valence-corrected chi connectivity index (χ2v) is 11.4. The Labute approximate surface area is 133 Å². The smallest absolute Gasteiger partial charge is 0.0561 e. The molecule has 1 nitrogen and oxygen atoms in total. The molecular weight excluding hydrogens is 270 g/mol. The summed E-state index contributed by atoms with van der Waals surface area (Å²) in [4.78, 5) is 0. The van der Waals surface area contributed by atoms with Crippen LogP contribution < -0.4 is 5.32 Å². The van der Waals surface area contributed by atoms with E-state index in [2.05, 4.69) is 52.2 Å². The lowest BCUT2D eigenvalue weighted by atomic mass is 9.89. The third kappa shape index (κ3) is 3.37. The van der Waals surface area contributed by atoms with E-state index < -0.39 is 8.80 Å². The SMILES string of the molecule is CC1=CC(C)(NC2([SiH](C)C)CCCCCCC2)C(C)=C1C. The minimum Gasteiger partial charge on any atom is -0.302 e. The van der Waals surface area contributed by atoms with Gasteiger partial charge in [-0.1, -0.05) is 56.8 Å². The molecule has 1 unspecified atom stereocenters. The van der Waals surface area contributed by atoms with E-state index in [1.54, 1.807) is 0 Å². The maximum atomic E-state index is 4.21. The molecule has 1 saturated carbocycles. The van der Waals surface area contributed by atoms with Gasteiger partial charge in [0.25, 0.3) is 0 Å². The van der Waals surface area contributed by atoms with E-state index in [9.17, 15) is 0 Å². The normalized spacial score (nSPS) is 30.3. The zero-order chi connectivity index (χ0) is 15.7. The summed E-state index contributed by atoms with van der Waals surface area (Å²) in [6.45, 7) is 14.4. The Morgan fingerprint density at radius 2 is 1.48 bits per heavy atom. The molecule has 0 radical (unpaired) electrons. The Hall–Kier alpha value is -0.343. The first-order valence-electron chi connectivity index (χ1n) is 8.98. The molecule has 0 heterocycles. The first-order valence-corrected chi connectivity index (χ1v) is 11.9. The van der Waals surface area contributed by atoms with E-state index in [0.717, 1.165) is 0 Å². The van der Waals surface area contributed by atoms with E-state index in [-0.39, 0.29) is 5.54 Å². The predicted molar refractivity (Wildman–Crippen MR) is 97.6 cm³/mol. The quantitative estimate of drug-likeness (QED) is 0.712. The summed E-state index contributed by atoms with van der Waals surface area (Å²) in [6.07, 6.45) is 12.4. The van der Waals surface area contributed by atoms with Crippen molar-refractivity contribution in [3.05, 3.63) is 22.8 Å². The average molecular weight is 306 g/mol. The van der Waals surface area contributed by atoms with Gasteiger partial charge in [-0.25, -0.2) is 0 Å². The Morgan fingerprint density at radius 1 is 0.952 bits per heavy atom. The fourth-order valence-electron chi connectivity index (χ4n) is 4.36. The monoisotopic (exact) mass is 305 g/mol. The van der Waals surface area contributed by atoms with Gasteiger partial charge in [0.05, 0.1) is 14.3 Å². The third-order valence-corrected chi connectivity index (χ3v) is 9.23. The lowest BCUT2D eigenvalue weighted by molar-refractivity contribution is 0.293. The van der Waals surface area contributed by atoms with Crippen molar-refractivity contribution in [2.75, 3.05) is 0 Å². The van der Waals surface area contributed by atoms with Crippen LogP contribution in [0.4, 0.5) is 0 Å². The molecule has 2 aliphatic rings. The van der Waals surface area contributed by atoms with Gasteiger partial charge in [0.15, 0.2) is 0 Å². The van der Waals surface area contributed by atoms with Crippen molar-refractivity contribution in [1.82, 2.24) is 5.32 Å². The van der Waals surface area contributed by atoms with Crippen LogP contribution in [0.25, 0.3) is 0 Å². The number of nitrogens with one attached hydrogen (secondary N) is 1. The van der Waals surface area contributed by atoms with Gasteiger partial charge >= 0.3 is 0 Å². The molecule has 0 spiro atoms. The van der Waals surface area contributed by atoms with Crippen molar-refractivity contribution >= 4 is 8.80 Å². The lowest BCUT2D eigenvalue weighted by Gasteiger charge is -2.46. The van der Waals surface area contributed by atoms with Crippen LogP contribution in [-0.4, -0.2) is 19.5 Å². The van der Waals surface area contributed by atoms with E-state index in [1.807, 2.05) is 0 Å². The Bertz CT molecular complexity index is 438. The Balaban J connectivity index is 2.28. The van der Waals surface area contributed by atoms with Crippen molar-refractivity contribution in [2.45, 2.75) is 96.4 Å². The fourth-order valence-corrected chi connectivity index (χ4v) is 6.52. The first-order chi connectivity index (χ1) is 9.81. The molecule has 0 saturated heterocycles. The standard InChI is InChI=1S/C19H35NSi/c1-15-14-18(4,17(3)16(15)2)20-19(21(5)6)12-10-8-7-9-11-13-19/h14,20-21H,7-13H2,1-6H3. The van der Waals surface area contributed by atoms with Gasteiger partial charge in [-0.2, -0.15) is 0 Å². The fraction of sp³-hybridized carbons (Fsp3) is 0.789. The highest BCUT2D eigenvalue weighted by Crippen LogP contribution is 2.38. The molecular formula is C19H35NSi. The van der Waals surface area contributed by atoms with Crippen LogP contribution in [0.15, 0.2) is 22.8 Å². The molecule has 0 aromatic heterocycles. The van der Waals surface area contributed by atoms with Gasteiger partial charge in [-0.3, -0.25) is 0 Å².